The molecule has 0 aliphatic rings. The van der Waals surface area contributed by atoms with Gasteiger partial charge in [-0.3, -0.25) is 4.79 Å². The lowest BCUT2D eigenvalue weighted by molar-refractivity contribution is -0.134. The van der Waals surface area contributed by atoms with E-state index in [-0.39, 0.29) is 18.5 Å². The van der Waals surface area contributed by atoms with E-state index in [1.54, 1.807) is 16.2 Å². The third kappa shape index (κ3) is 7.48. The molecule has 0 spiro atoms. The molecule has 5 nitrogen and oxygen atoms in total. The molecule has 1 heterocycles. The summed E-state index contributed by atoms with van der Waals surface area (Å²) in [7, 11) is 0. The second kappa shape index (κ2) is 11.2. The number of benzene rings is 1. The quantitative estimate of drug-likeness (QED) is 0.557. The van der Waals surface area contributed by atoms with E-state index in [9.17, 15) is 9.59 Å². The van der Waals surface area contributed by atoms with Crippen LogP contribution in [0, 0.1) is 6.92 Å². The molecule has 1 aromatic carbocycles. The van der Waals surface area contributed by atoms with Crippen LogP contribution in [0.5, 0.6) is 0 Å². The van der Waals surface area contributed by atoms with Crippen molar-refractivity contribution in [3.05, 3.63) is 57.8 Å². The van der Waals surface area contributed by atoms with Crippen LogP contribution in [-0.2, 0) is 17.9 Å². The van der Waals surface area contributed by atoms with Crippen molar-refractivity contribution in [2.24, 2.45) is 0 Å². The highest BCUT2D eigenvalue weighted by Gasteiger charge is 2.30. The van der Waals surface area contributed by atoms with Crippen molar-refractivity contribution >= 4 is 23.3 Å². The molecule has 3 amide bonds. The number of hydrogen-bond donors (Lipinski definition) is 1. The van der Waals surface area contributed by atoms with E-state index < -0.39 is 5.54 Å². The topological polar surface area (TPSA) is 52.7 Å². The molecule has 6 heteroatoms. The van der Waals surface area contributed by atoms with Crippen LogP contribution in [0.1, 0.15) is 55.9 Å². The third-order valence-electron chi connectivity index (χ3n) is 4.87. The SMILES string of the molecule is CCCCNC(=O)N(CC(=O)N(Cc1ccccc1)Cc1ccc(C)s1)C(C)(C)C. The average Bonchev–Trinajstić information content (AvgIpc) is 3.10. The minimum absolute atomic E-state index is 0.0505. The van der Waals surface area contributed by atoms with E-state index in [0.29, 0.717) is 19.6 Å². The van der Waals surface area contributed by atoms with Gasteiger partial charge in [0.25, 0.3) is 0 Å². The Balaban J connectivity index is 2.17. The van der Waals surface area contributed by atoms with Gasteiger partial charge in [0.15, 0.2) is 0 Å². The number of amides is 3. The van der Waals surface area contributed by atoms with Gasteiger partial charge < -0.3 is 15.1 Å². The fourth-order valence-corrected chi connectivity index (χ4v) is 4.02. The summed E-state index contributed by atoms with van der Waals surface area (Å²) in [5.41, 5.74) is 0.623. The first-order valence-electron chi connectivity index (χ1n) is 10.6. The maximum atomic E-state index is 13.4. The fraction of sp³-hybridized carbons (Fsp3) is 0.500. The van der Waals surface area contributed by atoms with Crippen molar-refractivity contribution in [2.75, 3.05) is 13.1 Å². The summed E-state index contributed by atoms with van der Waals surface area (Å²) in [6.45, 7) is 11.8. The first-order chi connectivity index (χ1) is 14.2. The van der Waals surface area contributed by atoms with Crippen LogP contribution in [-0.4, -0.2) is 40.4 Å². The van der Waals surface area contributed by atoms with Gasteiger partial charge in [0.05, 0.1) is 6.54 Å². The van der Waals surface area contributed by atoms with E-state index in [2.05, 4.69) is 31.3 Å². The third-order valence-corrected chi connectivity index (χ3v) is 5.85. The van der Waals surface area contributed by atoms with E-state index in [0.717, 1.165) is 23.3 Å². The van der Waals surface area contributed by atoms with Crippen LogP contribution in [0.15, 0.2) is 42.5 Å². The second-order valence-electron chi connectivity index (χ2n) is 8.59. The Kier molecular flexibility index (Phi) is 8.90. The van der Waals surface area contributed by atoms with Gasteiger partial charge in [0.1, 0.15) is 6.54 Å². The first kappa shape index (κ1) is 23.9. The Hall–Kier alpha value is -2.34. The Bertz CT molecular complexity index is 811. The predicted molar refractivity (Wildman–Crippen MR) is 125 cm³/mol. The van der Waals surface area contributed by atoms with Crippen LogP contribution < -0.4 is 5.32 Å². The van der Waals surface area contributed by atoms with E-state index in [1.165, 1.54) is 4.88 Å². The lowest BCUT2D eigenvalue weighted by atomic mass is 10.1. The van der Waals surface area contributed by atoms with Crippen molar-refractivity contribution in [3.63, 3.8) is 0 Å². The van der Waals surface area contributed by atoms with Gasteiger partial charge in [0, 0.05) is 28.4 Å². The largest absolute Gasteiger partial charge is 0.338 e. The monoisotopic (exact) mass is 429 g/mol. The second-order valence-corrected chi connectivity index (χ2v) is 9.96. The van der Waals surface area contributed by atoms with Gasteiger partial charge in [0.2, 0.25) is 5.91 Å². The summed E-state index contributed by atoms with van der Waals surface area (Å²) in [6, 6.07) is 14.0. The molecule has 0 radical (unpaired) electrons. The van der Waals surface area contributed by atoms with Crippen molar-refractivity contribution in [1.82, 2.24) is 15.1 Å². The number of carbonyl (C=O) groups is 2. The minimum Gasteiger partial charge on any atom is -0.338 e. The number of nitrogens with zero attached hydrogens (tertiary/aromatic N) is 2. The molecule has 0 bridgehead atoms. The number of thiophene rings is 1. The van der Waals surface area contributed by atoms with E-state index >= 15 is 0 Å². The number of carbonyl (C=O) groups excluding carboxylic acids is 2. The summed E-state index contributed by atoms with van der Waals surface area (Å²) in [4.78, 5) is 32.0. The molecule has 0 unspecified atom stereocenters. The molecular weight excluding hydrogens is 394 g/mol. The number of hydrogen-bond acceptors (Lipinski definition) is 3. The van der Waals surface area contributed by atoms with E-state index in [1.807, 2.05) is 56.0 Å². The molecule has 2 aromatic rings. The molecule has 1 N–H and O–H groups in total. The minimum atomic E-state index is -0.454. The molecule has 0 aliphatic carbocycles. The molecule has 2 rings (SSSR count). The van der Waals surface area contributed by atoms with Gasteiger partial charge in [-0.25, -0.2) is 4.79 Å². The Morgan fingerprint density at radius 3 is 2.30 bits per heavy atom. The van der Waals surface area contributed by atoms with Crippen molar-refractivity contribution < 1.29 is 9.59 Å². The van der Waals surface area contributed by atoms with Crippen LogP contribution in [0.3, 0.4) is 0 Å². The maximum absolute atomic E-state index is 13.4. The smallest absolute Gasteiger partial charge is 0.318 e. The zero-order valence-electron chi connectivity index (χ0n) is 18.9. The van der Waals surface area contributed by atoms with Crippen LogP contribution in [0.4, 0.5) is 4.79 Å². The Morgan fingerprint density at radius 2 is 1.73 bits per heavy atom. The zero-order chi connectivity index (χ0) is 22.1. The van der Waals surface area contributed by atoms with Crippen molar-refractivity contribution in [1.29, 1.82) is 0 Å². The van der Waals surface area contributed by atoms with Crippen LogP contribution in [0.25, 0.3) is 0 Å². The summed E-state index contributed by atoms with van der Waals surface area (Å²) < 4.78 is 0. The maximum Gasteiger partial charge on any atom is 0.318 e. The van der Waals surface area contributed by atoms with Gasteiger partial charge in [-0.15, -0.1) is 11.3 Å². The Morgan fingerprint density at radius 1 is 1.03 bits per heavy atom. The number of nitrogens with one attached hydrogen (secondary N) is 1. The predicted octanol–water partition coefficient (Wildman–Crippen LogP) is 5.20. The highest BCUT2D eigenvalue weighted by Crippen LogP contribution is 2.20. The molecule has 0 aliphatic heterocycles. The molecule has 0 saturated heterocycles. The van der Waals surface area contributed by atoms with Gasteiger partial charge >= 0.3 is 6.03 Å². The highest BCUT2D eigenvalue weighted by molar-refractivity contribution is 7.11. The van der Waals surface area contributed by atoms with Crippen LogP contribution >= 0.6 is 11.3 Å². The summed E-state index contributed by atoms with van der Waals surface area (Å²) in [5, 5.41) is 2.96. The lowest BCUT2D eigenvalue weighted by Crippen LogP contribution is -2.54. The van der Waals surface area contributed by atoms with Crippen molar-refractivity contribution in [2.45, 2.75) is 66.1 Å². The molecule has 164 valence electrons. The standard InChI is InChI=1S/C24H35N3O2S/c1-6-7-15-25-23(29)27(24(3,4)5)18-22(28)26(16-20-11-9-8-10-12-20)17-21-14-13-19(2)30-21/h8-14H,6-7,15-18H2,1-5H3,(H,25,29). The van der Waals surface area contributed by atoms with E-state index in [4.69, 9.17) is 0 Å². The van der Waals surface area contributed by atoms with Crippen molar-refractivity contribution in [3.8, 4) is 0 Å². The normalized spacial score (nSPS) is 11.2. The molecule has 0 saturated carbocycles. The molecule has 0 fully saturated rings. The van der Waals surface area contributed by atoms with Gasteiger partial charge in [-0.1, -0.05) is 43.7 Å². The molecule has 0 atom stereocenters. The lowest BCUT2D eigenvalue weighted by Gasteiger charge is -2.36. The fourth-order valence-electron chi connectivity index (χ4n) is 3.11. The Labute approximate surface area is 185 Å². The highest BCUT2D eigenvalue weighted by atomic mass is 32.1. The molecule has 30 heavy (non-hydrogen) atoms. The molecule has 1 aromatic heterocycles. The number of rotatable bonds is 9. The summed E-state index contributed by atoms with van der Waals surface area (Å²) in [5.74, 6) is -0.0505. The molecular formula is C24H35N3O2S. The first-order valence-corrected chi connectivity index (χ1v) is 11.4. The summed E-state index contributed by atoms with van der Waals surface area (Å²) in [6.07, 6.45) is 1.94. The summed E-state index contributed by atoms with van der Waals surface area (Å²) >= 11 is 1.70. The zero-order valence-corrected chi connectivity index (χ0v) is 19.7. The van der Waals surface area contributed by atoms with Gasteiger partial charge in [-0.2, -0.15) is 0 Å². The average molecular weight is 430 g/mol. The van der Waals surface area contributed by atoms with Gasteiger partial charge in [-0.05, 0) is 51.8 Å². The number of unbranched alkanes of at least 4 members (excludes halogenated alkanes) is 1. The number of urea groups is 1. The van der Waals surface area contributed by atoms with Crippen LogP contribution in [0.2, 0.25) is 0 Å². The number of aryl methyl sites for hydroxylation is 1.